The summed E-state index contributed by atoms with van der Waals surface area (Å²) in [7, 11) is 0. The summed E-state index contributed by atoms with van der Waals surface area (Å²) in [5.41, 5.74) is 3.92. The molecule has 2 aliphatic carbocycles. The van der Waals surface area contributed by atoms with Crippen molar-refractivity contribution in [2.75, 3.05) is 0 Å². The Morgan fingerprint density at radius 2 is 1.79 bits per heavy atom. The fourth-order valence-corrected chi connectivity index (χ4v) is 4.73. The molecule has 2 saturated carbocycles. The zero-order valence-corrected chi connectivity index (χ0v) is 19.7. The van der Waals surface area contributed by atoms with Gasteiger partial charge in [-0.25, -0.2) is 0 Å². The van der Waals surface area contributed by atoms with Gasteiger partial charge < -0.3 is 5.11 Å². The van der Waals surface area contributed by atoms with Crippen LogP contribution in [0.4, 0.5) is 0 Å². The van der Waals surface area contributed by atoms with Crippen LogP contribution in [0.15, 0.2) is 47.6 Å². The van der Waals surface area contributed by atoms with Crippen molar-refractivity contribution in [2.45, 2.75) is 92.1 Å². The van der Waals surface area contributed by atoms with Gasteiger partial charge in [0.2, 0.25) is 0 Å². The van der Waals surface area contributed by atoms with E-state index in [0.717, 1.165) is 31.1 Å². The first-order valence-corrected chi connectivity index (χ1v) is 12.0. The third-order valence-corrected chi connectivity index (χ3v) is 7.40. The minimum atomic E-state index is -0.191. The smallest absolute Gasteiger partial charge is 0.0583 e. The molecule has 1 N–H and O–H groups in total. The molecular weight excluding hydrogens is 352 g/mol. The van der Waals surface area contributed by atoms with Gasteiger partial charge in [0.1, 0.15) is 0 Å². The number of allylic oxidation sites excluding steroid dienone is 6. The van der Waals surface area contributed by atoms with Crippen LogP contribution in [-0.2, 0) is 0 Å². The van der Waals surface area contributed by atoms with E-state index < -0.39 is 0 Å². The van der Waals surface area contributed by atoms with Crippen molar-refractivity contribution in [2.24, 2.45) is 29.6 Å². The summed E-state index contributed by atoms with van der Waals surface area (Å²) in [5.74, 6) is 3.58. The van der Waals surface area contributed by atoms with Crippen molar-refractivity contribution in [1.82, 2.24) is 0 Å². The maximum Gasteiger partial charge on any atom is 0.0583 e. The van der Waals surface area contributed by atoms with Crippen molar-refractivity contribution in [3.05, 3.63) is 54.0 Å². The molecule has 0 saturated heterocycles. The van der Waals surface area contributed by atoms with E-state index in [9.17, 15) is 5.11 Å². The molecule has 1 radical (unpaired) electrons. The molecule has 163 valence electrons. The Morgan fingerprint density at radius 1 is 1.03 bits per heavy atom. The molecule has 2 rings (SSSR count). The maximum atomic E-state index is 9.96. The Labute approximate surface area is 181 Å². The standard InChI is InChI=1S/C28H45O/c1-20(2)21(3)13-14-24(6)28-12-8-11-25(10-7-9-23(28)5)16-17-26-19-27(29)18-15-22(26)4/h11,13-14,16-17,20-21,23-24,27-29H,4,7-10,12,15,18-19H2,1-3,5-6H3/b14-13+,25-16+,26-17-/t21-,23-,24+,27-,28-/m0/s1. The first-order valence-electron chi connectivity index (χ1n) is 12.0. The molecule has 5 atom stereocenters. The molecule has 0 aromatic rings. The summed E-state index contributed by atoms with van der Waals surface area (Å²) in [6.45, 7) is 16.0. The van der Waals surface area contributed by atoms with E-state index in [2.05, 4.69) is 71.9 Å². The summed E-state index contributed by atoms with van der Waals surface area (Å²) >= 11 is 0. The molecule has 0 spiro atoms. The quantitative estimate of drug-likeness (QED) is 0.468. The normalized spacial score (nSPS) is 32.4. The maximum absolute atomic E-state index is 9.96. The third kappa shape index (κ3) is 7.93. The van der Waals surface area contributed by atoms with Crippen LogP contribution in [0.5, 0.6) is 0 Å². The fourth-order valence-electron chi connectivity index (χ4n) is 4.73. The molecule has 2 aliphatic rings. The first kappa shape index (κ1) is 24.2. The second-order valence-electron chi connectivity index (χ2n) is 10.1. The molecule has 0 aliphatic heterocycles. The minimum absolute atomic E-state index is 0.191. The van der Waals surface area contributed by atoms with Gasteiger partial charge in [-0.2, -0.15) is 0 Å². The molecule has 0 bridgehead atoms. The average Bonchev–Trinajstić information content (AvgIpc) is 2.77. The Morgan fingerprint density at radius 3 is 2.52 bits per heavy atom. The lowest BCUT2D eigenvalue weighted by molar-refractivity contribution is 0.158. The Balaban J connectivity index is 1.99. The van der Waals surface area contributed by atoms with Crippen LogP contribution < -0.4 is 0 Å². The van der Waals surface area contributed by atoms with E-state index in [0.29, 0.717) is 17.8 Å². The van der Waals surface area contributed by atoms with Crippen LogP contribution in [0.25, 0.3) is 0 Å². The second kappa shape index (κ2) is 11.9. The second-order valence-corrected chi connectivity index (χ2v) is 10.1. The first-order chi connectivity index (χ1) is 13.8. The van der Waals surface area contributed by atoms with Crippen molar-refractivity contribution in [3.63, 3.8) is 0 Å². The molecule has 1 heteroatoms. The van der Waals surface area contributed by atoms with Gasteiger partial charge in [-0.05, 0) is 86.5 Å². The molecule has 0 aromatic carbocycles. The van der Waals surface area contributed by atoms with E-state index in [1.165, 1.54) is 48.8 Å². The van der Waals surface area contributed by atoms with E-state index >= 15 is 0 Å². The summed E-state index contributed by atoms with van der Waals surface area (Å²) < 4.78 is 0. The Bertz CT molecular complexity index is 606. The zero-order chi connectivity index (χ0) is 21.4. The van der Waals surface area contributed by atoms with Crippen molar-refractivity contribution < 1.29 is 5.11 Å². The highest BCUT2D eigenvalue weighted by Crippen LogP contribution is 2.35. The van der Waals surface area contributed by atoms with Gasteiger partial charge in [0.15, 0.2) is 0 Å². The van der Waals surface area contributed by atoms with Crippen LogP contribution in [0.3, 0.4) is 0 Å². The van der Waals surface area contributed by atoms with Gasteiger partial charge in [0.05, 0.1) is 6.10 Å². The number of rotatable bonds is 5. The monoisotopic (exact) mass is 397 g/mol. The lowest BCUT2D eigenvalue weighted by Gasteiger charge is -2.28. The molecule has 29 heavy (non-hydrogen) atoms. The van der Waals surface area contributed by atoms with Crippen molar-refractivity contribution in [3.8, 4) is 0 Å². The van der Waals surface area contributed by atoms with Crippen molar-refractivity contribution in [1.29, 1.82) is 0 Å². The van der Waals surface area contributed by atoms with Crippen LogP contribution in [0, 0.1) is 36.0 Å². The molecule has 0 amide bonds. The van der Waals surface area contributed by atoms with Gasteiger partial charge in [-0.1, -0.05) is 83.1 Å². The molecule has 2 fully saturated rings. The van der Waals surface area contributed by atoms with Crippen LogP contribution >= 0.6 is 0 Å². The van der Waals surface area contributed by atoms with Crippen molar-refractivity contribution >= 4 is 0 Å². The van der Waals surface area contributed by atoms with Crippen LogP contribution in [0.1, 0.15) is 86.0 Å². The summed E-state index contributed by atoms with van der Waals surface area (Å²) in [6.07, 6.45) is 20.5. The largest absolute Gasteiger partial charge is 0.393 e. The van der Waals surface area contributed by atoms with E-state index in [-0.39, 0.29) is 6.10 Å². The van der Waals surface area contributed by atoms with Gasteiger partial charge >= 0.3 is 0 Å². The average molecular weight is 398 g/mol. The highest BCUT2D eigenvalue weighted by atomic mass is 16.3. The zero-order valence-electron chi connectivity index (χ0n) is 19.7. The van der Waals surface area contributed by atoms with E-state index in [1.54, 1.807) is 0 Å². The highest BCUT2D eigenvalue weighted by molar-refractivity contribution is 5.36. The number of hydrogen-bond donors (Lipinski definition) is 1. The predicted octanol–water partition coefficient (Wildman–Crippen LogP) is 7.85. The molecule has 1 nitrogen and oxygen atoms in total. The Kier molecular flexibility index (Phi) is 9.96. The topological polar surface area (TPSA) is 20.2 Å². The SMILES string of the molecule is C=C1CC[C@H](O)C/C1=C/C=C1/[CH]CC[C@H]([C@H](C)/C=C/[C@H](C)C(C)C)[C@@H](C)CCC1. The summed E-state index contributed by atoms with van der Waals surface area (Å²) in [6, 6.07) is 0. The number of hydrogen-bond acceptors (Lipinski definition) is 1. The summed E-state index contributed by atoms with van der Waals surface area (Å²) in [5, 5.41) is 9.96. The lowest BCUT2D eigenvalue weighted by atomic mass is 9.78. The van der Waals surface area contributed by atoms with Gasteiger partial charge in [-0.15, -0.1) is 0 Å². The third-order valence-electron chi connectivity index (χ3n) is 7.40. The number of aliphatic hydroxyl groups is 1. The van der Waals surface area contributed by atoms with Gasteiger partial charge in [-0.3, -0.25) is 0 Å². The van der Waals surface area contributed by atoms with Crippen LogP contribution in [-0.4, -0.2) is 11.2 Å². The lowest BCUT2D eigenvalue weighted by Crippen LogP contribution is -2.19. The predicted molar refractivity (Wildman–Crippen MR) is 128 cm³/mol. The fraction of sp³-hybridized carbons (Fsp3) is 0.679. The Hall–Kier alpha value is -1.08. The summed E-state index contributed by atoms with van der Waals surface area (Å²) in [4.78, 5) is 0. The molecule has 0 unspecified atom stereocenters. The van der Waals surface area contributed by atoms with E-state index in [4.69, 9.17) is 0 Å². The molecule has 0 aromatic heterocycles. The number of aliphatic hydroxyl groups excluding tert-OH is 1. The molecule has 0 heterocycles. The van der Waals surface area contributed by atoms with E-state index in [1.807, 2.05) is 0 Å². The van der Waals surface area contributed by atoms with Crippen LogP contribution in [0.2, 0.25) is 0 Å². The highest BCUT2D eigenvalue weighted by Gasteiger charge is 2.23. The van der Waals surface area contributed by atoms with Gasteiger partial charge in [0.25, 0.3) is 0 Å². The minimum Gasteiger partial charge on any atom is -0.393 e. The molecular formula is C28H45O. The van der Waals surface area contributed by atoms with Gasteiger partial charge in [0, 0.05) is 0 Å².